The average molecular weight is 492 g/mol. The fourth-order valence-corrected chi connectivity index (χ4v) is 7.94. The van der Waals surface area contributed by atoms with Crippen LogP contribution in [0.25, 0.3) is 0 Å². The van der Waals surface area contributed by atoms with E-state index in [9.17, 15) is 9.35 Å². The zero-order valence-corrected chi connectivity index (χ0v) is 20.4. The summed E-state index contributed by atoms with van der Waals surface area (Å²) in [7, 11) is -1.09. The molecular weight excluding hydrogens is 461 g/mol. The number of aliphatic imine (C=N–C) groups is 1. The molecule has 0 radical (unpaired) electrons. The summed E-state index contributed by atoms with van der Waals surface area (Å²) in [4.78, 5) is 29.8. The number of anilines is 1. The van der Waals surface area contributed by atoms with Crippen LogP contribution in [0.5, 0.6) is 5.88 Å². The quantitative estimate of drug-likeness (QED) is 0.510. The average Bonchev–Trinajstić information content (AvgIpc) is 3.02. The molecule has 12 heteroatoms. The predicted molar refractivity (Wildman–Crippen MR) is 130 cm³/mol. The number of methoxy groups -OCH3 is 1. The van der Waals surface area contributed by atoms with Gasteiger partial charge in [-0.3, -0.25) is 14.5 Å². The van der Waals surface area contributed by atoms with E-state index in [2.05, 4.69) is 25.0 Å². The molecule has 1 saturated heterocycles. The van der Waals surface area contributed by atoms with E-state index in [1.807, 2.05) is 13.8 Å². The molecule has 2 aliphatic rings. The molecule has 1 fully saturated rings. The van der Waals surface area contributed by atoms with E-state index in [0.29, 0.717) is 13.0 Å². The number of carbonyl (C=O) groups excluding carboxylic acids is 1. The molecule has 0 saturated carbocycles. The van der Waals surface area contributed by atoms with Gasteiger partial charge < -0.3 is 20.3 Å². The zero-order valence-electron chi connectivity index (χ0n) is 19.6. The van der Waals surface area contributed by atoms with Crippen molar-refractivity contribution in [1.82, 2.24) is 19.7 Å². The largest absolute Gasteiger partial charge is 0.480 e. The summed E-state index contributed by atoms with van der Waals surface area (Å²) in [5, 5.41) is 2.20. The van der Waals surface area contributed by atoms with E-state index < -0.39 is 37.8 Å². The molecule has 1 amide bonds. The van der Waals surface area contributed by atoms with Crippen LogP contribution in [0.15, 0.2) is 29.5 Å². The number of nitrogens with two attached hydrogens (primary N) is 1. The first-order valence-corrected chi connectivity index (χ1v) is 12.7. The van der Waals surface area contributed by atoms with E-state index in [1.165, 1.54) is 31.6 Å². The Bertz CT molecular complexity index is 1130. The Labute approximate surface area is 199 Å². The number of amides is 1. The van der Waals surface area contributed by atoms with Crippen molar-refractivity contribution in [3.63, 3.8) is 0 Å². The Hall–Kier alpha value is -2.83. The number of hydrogen-bond donors (Lipinski definition) is 4. The van der Waals surface area contributed by atoms with Crippen LogP contribution >= 0.6 is 10.5 Å². The van der Waals surface area contributed by atoms with Crippen LogP contribution in [0.3, 0.4) is 0 Å². The first-order chi connectivity index (χ1) is 16.0. The first kappa shape index (κ1) is 24.3. The van der Waals surface area contributed by atoms with Gasteiger partial charge in [0.25, 0.3) is 5.91 Å². The third kappa shape index (κ3) is 3.89. The summed E-state index contributed by atoms with van der Waals surface area (Å²) in [6.45, 7) is 6.12. The molecule has 4 rings (SSSR count). The number of pyridine rings is 1. The molecule has 34 heavy (non-hydrogen) atoms. The summed E-state index contributed by atoms with van der Waals surface area (Å²) >= 11 is 0. The minimum atomic E-state index is -2.53. The maximum absolute atomic E-state index is 15.2. The minimum absolute atomic E-state index is 0.0178. The van der Waals surface area contributed by atoms with Gasteiger partial charge in [0.05, 0.1) is 29.5 Å². The standard InChI is InChI=1S/C22H30FN7O3S/c1-21(2)20(24)30-22(3,15-7-5-6-10-27-34(15,21)32)18-13(23)8-9-16(28-18)29-19(31)14-11-26-17(33-4)12-25-14/h8-9,11-12,15,27,32H,5-7,10H2,1-4H3,(H2,24,30)(H,28,29,31)/t15-,22+/m1/s1. The van der Waals surface area contributed by atoms with Gasteiger partial charge in [-0.05, 0) is 45.7 Å². The Morgan fingerprint density at radius 2 is 2.06 bits per heavy atom. The van der Waals surface area contributed by atoms with Gasteiger partial charge in [0.15, 0.2) is 0 Å². The number of ether oxygens (including phenoxy) is 1. The number of halogens is 1. The van der Waals surface area contributed by atoms with Gasteiger partial charge >= 0.3 is 0 Å². The van der Waals surface area contributed by atoms with Crippen molar-refractivity contribution >= 4 is 28.1 Å². The highest BCUT2D eigenvalue weighted by Crippen LogP contribution is 2.66. The van der Waals surface area contributed by atoms with Crippen molar-refractivity contribution in [1.29, 1.82) is 0 Å². The summed E-state index contributed by atoms with van der Waals surface area (Å²) in [5.74, 6) is -0.515. The summed E-state index contributed by atoms with van der Waals surface area (Å²) in [6, 6.07) is 2.59. The van der Waals surface area contributed by atoms with Crippen LogP contribution in [0.2, 0.25) is 0 Å². The molecule has 4 heterocycles. The maximum atomic E-state index is 15.2. The number of aromatic nitrogens is 3. The topological polar surface area (TPSA) is 148 Å². The van der Waals surface area contributed by atoms with Crippen molar-refractivity contribution in [2.75, 3.05) is 19.0 Å². The summed E-state index contributed by atoms with van der Waals surface area (Å²) in [6.07, 6.45) is 4.96. The van der Waals surface area contributed by atoms with E-state index in [0.717, 1.165) is 12.8 Å². The second-order valence-electron chi connectivity index (χ2n) is 9.08. The van der Waals surface area contributed by atoms with Gasteiger partial charge in [-0.1, -0.05) is 16.9 Å². The van der Waals surface area contributed by atoms with Crippen molar-refractivity contribution in [3.8, 4) is 5.88 Å². The van der Waals surface area contributed by atoms with Gasteiger partial charge in [-0.2, -0.15) is 0 Å². The molecule has 0 spiro atoms. The normalized spacial score (nSPS) is 30.2. The Morgan fingerprint density at radius 3 is 2.74 bits per heavy atom. The third-order valence-corrected chi connectivity index (χ3v) is 10.6. The third-order valence-electron chi connectivity index (χ3n) is 6.64. The number of nitrogens with zero attached hydrogens (tertiary/aromatic N) is 4. The van der Waals surface area contributed by atoms with Gasteiger partial charge in [-0.15, -0.1) is 0 Å². The van der Waals surface area contributed by atoms with E-state index >= 15 is 4.39 Å². The van der Waals surface area contributed by atoms with Crippen molar-refractivity contribution in [2.24, 2.45) is 10.7 Å². The van der Waals surface area contributed by atoms with Gasteiger partial charge in [0, 0.05) is 6.54 Å². The Kier molecular flexibility index (Phi) is 6.25. The lowest BCUT2D eigenvalue weighted by atomic mass is 9.88. The van der Waals surface area contributed by atoms with Crippen LogP contribution < -0.4 is 20.5 Å². The number of hydrogen-bond acceptors (Lipinski definition) is 9. The number of rotatable bonds is 4. The Balaban J connectivity index is 1.73. The van der Waals surface area contributed by atoms with E-state index in [1.54, 1.807) is 6.92 Å². The highest BCUT2D eigenvalue weighted by Gasteiger charge is 2.59. The monoisotopic (exact) mass is 491 g/mol. The van der Waals surface area contributed by atoms with E-state index in [4.69, 9.17) is 15.5 Å². The van der Waals surface area contributed by atoms with Gasteiger partial charge in [0.1, 0.15) is 34.4 Å². The lowest BCUT2D eigenvalue weighted by Gasteiger charge is -2.58. The van der Waals surface area contributed by atoms with Gasteiger partial charge in [0.2, 0.25) is 5.88 Å². The molecule has 184 valence electrons. The molecule has 5 N–H and O–H groups in total. The smallest absolute Gasteiger partial charge is 0.277 e. The maximum Gasteiger partial charge on any atom is 0.277 e. The number of amidine groups is 1. The fourth-order valence-electron chi connectivity index (χ4n) is 4.51. The predicted octanol–water partition coefficient (Wildman–Crippen LogP) is 2.97. The molecule has 0 aromatic carbocycles. The van der Waals surface area contributed by atoms with E-state index in [-0.39, 0.29) is 28.9 Å². The number of fused-ring (bicyclic) bond motifs is 1. The molecule has 2 aliphatic heterocycles. The SMILES string of the molecule is COc1cnc(C(=O)Nc2ccc(F)c([C@@]3(C)N=C(N)C(C)(C)S4(O)NCCCC[C@H]34)n2)cn1. The summed E-state index contributed by atoms with van der Waals surface area (Å²) < 4.78 is 34.7. The highest BCUT2D eigenvalue weighted by atomic mass is 32.3. The molecule has 0 aliphatic carbocycles. The van der Waals surface area contributed by atoms with Crippen molar-refractivity contribution in [2.45, 2.75) is 55.6 Å². The van der Waals surface area contributed by atoms with Crippen molar-refractivity contribution < 1.29 is 18.5 Å². The molecule has 0 bridgehead atoms. The van der Waals surface area contributed by atoms with Crippen LogP contribution in [0, 0.1) is 5.82 Å². The molecule has 2 aromatic rings. The highest BCUT2D eigenvalue weighted by molar-refractivity contribution is 8.29. The Morgan fingerprint density at radius 1 is 1.29 bits per heavy atom. The van der Waals surface area contributed by atoms with Crippen LogP contribution in [0.4, 0.5) is 10.2 Å². The zero-order chi connectivity index (χ0) is 24.7. The number of carbonyl (C=O) groups is 1. The molecule has 10 nitrogen and oxygen atoms in total. The lowest BCUT2D eigenvalue weighted by molar-refractivity contribution is 0.102. The second kappa shape index (κ2) is 8.75. The fraction of sp³-hybridized carbons (Fsp3) is 0.500. The first-order valence-electron chi connectivity index (χ1n) is 11.0. The lowest BCUT2D eigenvalue weighted by Crippen LogP contribution is -2.60. The van der Waals surface area contributed by atoms with Crippen LogP contribution in [0.1, 0.15) is 56.2 Å². The second-order valence-corrected chi connectivity index (χ2v) is 12.2. The van der Waals surface area contributed by atoms with Crippen molar-refractivity contribution in [3.05, 3.63) is 41.7 Å². The molecular formula is C22H30FN7O3S. The summed E-state index contributed by atoms with van der Waals surface area (Å²) in [5.41, 5.74) is 5.20. The van der Waals surface area contributed by atoms with Crippen LogP contribution in [-0.2, 0) is 5.54 Å². The number of nitrogens with one attached hydrogen (secondary N) is 2. The molecule has 2 aromatic heterocycles. The molecule has 3 atom stereocenters. The van der Waals surface area contributed by atoms with Gasteiger partial charge in [-0.25, -0.2) is 19.3 Å². The minimum Gasteiger partial charge on any atom is -0.480 e. The van der Waals surface area contributed by atoms with Crippen LogP contribution in [-0.4, -0.2) is 54.9 Å². The molecule has 1 unspecified atom stereocenters.